The standard InChI is InChI=1S/C25H38N4O4S/c1-15-14-16(2)18(4)20(17(15)3)34(31,32)29-12-10-19(11-13-29)21(30)27-25(8,9)22-26-23(33-28-22)24(5,6)7/h14,19H,10-13H2,1-9H3,(H,27,30). The Morgan fingerprint density at radius 1 is 1.03 bits per heavy atom. The van der Waals surface area contributed by atoms with Crippen molar-refractivity contribution in [3.05, 3.63) is 40.0 Å². The predicted octanol–water partition coefficient (Wildman–Crippen LogP) is 4.05. The van der Waals surface area contributed by atoms with Gasteiger partial charge in [0.2, 0.25) is 21.8 Å². The zero-order valence-electron chi connectivity index (χ0n) is 21.9. The number of piperidine rings is 1. The van der Waals surface area contributed by atoms with Gasteiger partial charge in [-0.3, -0.25) is 4.79 Å². The average molecular weight is 491 g/mol. The Morgan fingerprint density at radius 2 is 1.56 bits per heavy atom. The summed E-state index contributed by atoms with van der Waals surface area (Å²) < 4.78 is 33.9. The number of hydrogen-bond donors (Lipinski definition) is 1. The number of aromatic nitrogens is 2. The van der Waals surface area contributed by atoms with Crippen molar-refractivity contribution in [1.29, 1.82) is 0 Å². The van der Waals surface area contributed by atoms with E-state index in [0.717, 1.165) is 22.3 Å². The van der Waals surface area contributed by atoms with Crippen LogP contribution in [0.15, 0.2) is 15.5 Å². The van der Waals surface area contributed by atoms with E-state index in [2.05, 4.69) is 15.5 Å². The van der Waals surface area contributed by atoms with E-state index in [1.54, 1.807) is 0 Å². The number of nitrogens with one attached hydrogen (secondary N) is 1. The van der Waals surface area contributed by atoms with Crippen LogP contribution < -0.4 is 5.32 Å². The van der Waals surface area contributed by atoms with Crippen molar-refractivity contribution in [3.8, 4) is 0 Å². The number of sulfonamides is 1. The van der Waals surface area contributed by atoms with Crippen molar-refractivity contribution >= 4 is 15.9 Å². The number of amides is 1. The normalized spacial score (nSPS) is 16.6. The Morgan fingerprint density at radius 3 is 2.03 bits per heavy atom. The number of hydrogen-bond acceptors (Lipinski definition) is 6. The third-order valence-electron chi connectivity index (χ3n) is 6.78. The van der Waals surface area contributed by atoms with E-state index in [0.29, 0.717) is 42.5 Å². The maximum Gasteiger partial charge on any atom is 0.243 e. The van der Waals surface area contributed by atoms with Crippen molar-refractivity contribution in [2.24, 2.45) is 5.92 Å². The van der Waals surface area contributed by atoms with Crippen LogP contribution in [-0.4, -0.2) is 41.9 Å². The molecule has 8 nitrogen and oxygen atoms in total. The first-order valence-corrected chi connectivity index (χ1v) is 13.2. The van der Waals surface area contributed by atoms with E-state index in [4.69, 9.17) is 4.52 Å². The molecule has 1 amide bonds. The molecule has 0 saturated carbocycles. The molecule has 1 aromatic carbocycles. The van der Waals surface area contributed by atoms with E-state index in [1.807, 2.05) is 68.4 Å². The first-order chi connectivity index (χ1) is 15.6. The Bertz CT molecular complexity index is 1160. The Hall–Kier alpha value is -2.26. The third kappa shape index (κ3) is 5.05. The van der Waals surface area contributed by atoms with Crippen molar-refractivity contribution in [1.82, 2.24) is 19.8 Å². The molecule has 1 aliphatic heterocycles. The molecule has 2 heterocycles. The molecule has 9 heteroatoms. The maximum absolute atomic E-state index is 13.5. The molecule has 1 aliphatic rings. The number of rotatable bonds is 5. The molecule has 3 rings (SSSR count). The molecule has 0 bridgehead atoms. The van der Waals surface area contributed by atoms with Crippen LogP contribution in [0.3, 0.4) is 0 Å². The number of aryl methyl sites for hydroxylation is 2. The van der Waals surface area contributed by atoms with Crippen molar-refractivity contribution in [2.45, 2.75) is 91.0 Å². The zero-order valence-corrected chi connectivity index (χ0v) is 22.7. The van der Waals surface area contributed by atoms with E-state index in [9.17, 15) is 13.2 Å². The second-order valence-corrected chi connectivity index (χ2v) is 12.9. The van der Waals surface area contributed by atoms with Crippen LogP contribution >= 0.6 is 0 Å². The van der Waals surface area contributed by atoms with Crippen LogP contribution in [-0.2, 0) is 25.8 Å². The van der Waals surface area contributed by atoms with Gasteiger partial charge in [0.1, 0.15) is 0 Å². The van der Waals surface area contributed by atoms with Crippen LogP contribution in [0.4, 0.5) is 0 Å². The van der Waals surface area contributed by atoms with E-state index < -0.39 is 15.6 Å². The molecule has 1 saturated heterocycles. The summed E-state index contributed by atoms with van der Waals surface area (Å²) in [7, 11) is -3.64. The molecule has 0 atom stereocenters. The maximum atomic E-state index is 13.5. The second-order valence-electron chi connectivity index (χ2n) is 11.1. The molecule has 0 aliphatic carbocycles. The lowest BCUT2D eigenvalue weighted by molar-refractivity contribution is -0.128. The second kappa shape index (κ2) is 9.07. The van der Waals surface area contributed by atoms with Gasteiger partial charge < -0.3 is 9.84 Å². The van der Waals surface area contributed by atoms with Gasteiger partial charge in [-0.1, -0.05) is 32.0 Å². The Kier molecular flexibility index (Phi) is 7.03. The molecule has 1 aromatic heterocycles. The van der Waals surface area contributed by atoms with Gasteiger partial charge >= 0.3 is 0 Å². The fourth-order valence-electron chi connectivity index (χ4n) is 4.30. The van der Waals surface area contributed by atoms with Gasteiger partial charge in [-0.2, -0.15) is 9.29 Å². The minimum Gasteiger partial charge on any atom is -0.344 e. The number of nitrogens with zero attached hydrogens (tertiary/aromatic N) is 3. The highest BCUT2D eigenvalue weighted by Crippen LogP contribution is 2.32. The first-order valence-electron chi connectivity index (χ1n) is 11.8. The first kappa shape index (κ1) is 26.3. The molecule has 0 radical (unpaired) electrons. The zero-order chi connectivity index (χ0) is 25.6. The third-order valence-corrected chi connectivity index (χ3v) is 8.96. The Labute approximate surface area is 203 Å². The summed E-state index contributed by atoms with van der Waals surface area (Å²) in [5.41, 5.74) is 2.43. The number of carbonyl (C=O) groups is 1. The summed E-state index contributed by atoms with van der Waals surface area (Å²) in [6.45, 7) is 17.9. The van der Waals surface area contributed by atoms with Gasteiger partial charge in [-0.15, -0.1) is 0 Å². The summed E-state index contributed by atoms with van der Waals surface area (Å²) in [6.07, 6.45) is 0.924. The van der Waals surface area contributed by atoms with Gasteiger partial charge in [0.15, 0.2) is 5.82 Å². The fourth-order valence-corrected chi connectivity index (χ4v) is 6.35. The Balaban J connectivity index is 1.70. The average Bonchev–Trinajstić information content (AvgIpc) is 3.24. The van der Waals surface area contributed by atoms with E-state index in [-0.39, 0.29) is 17.2 Å². The van der Waals surface area contributed by atoms with Gasteiger partial charge in [0.25, 0.3) is 0 Å². The summed E-state index contributed by atoms with van der Waals surface area (Å²) in [5.74, 6) is 0.538. The topological polar surface area (TPSA) is 105 Å². The lowest BCUT2D eigenvalue weighted by Gasteiger charge is -2.33. The van der Waals surface area contributed by atoms with Gasteiger partial charge in [-0.25, -0.2) is 8.42 Å². The molecule has 1 N–H and O–H groups in total. The lowest BCUT2D eigenvalue weighted by atomic mass is 9.94. The van der Waals surface area contributed by atoms with Crippen molar-refractivity contribution in [3.63, 3.8) is 0 Å². The van der Waals surface area contributed by atoms with Crippen LogP contribution in [0.25, 0.3) is 0 Å². The SMILES string of the molecule is Cc1cc(C)c(C)c(S(=O)(=O)N2CCC(C(=O)NC(C)(C)c3noc(C(C)(C)C)n3)CC2)c1C. The monoisotopic (exact) mass is 490 g/mol. The molecular formula is C25H38N4O4S. The lowest BCUT2D eigenvalue weighted by Crippen LogP contribution is -2.48. The van der Waals surface area contributed by atoms with E-state index >= 15 is 0 Å². The molecule has 1 fully saturated rings. The number of carbonyl (C=O) groups excluding carboxylic acids is 1. The highest BCUT2D eigenvalue weighted by molar-refractivity contribution is 7.89. The van der Waals surface area contributed by atoms with Gasteiger partial charge in [0, 0.05) is 24.4 Å². The number of benzene rings is 1. The van der Waals surface area contributed by atoms with Crippen molar-refractivity contribution < 1.29 is 17.7 Å². The van der Waals surface area contributed by atoms with Crippen molar-refractivity contribution in [2.75, 3.05) is 13.1 Å². The smallest absolute Gasteiger partial charge is 0.243 e. The van der Waals surface area contributed by atoms with Gasteiger partial charge in [-0.05, 0) is 76.6 Å². The molecule has 0 spiro atoms. The van der Waals surface area contributed by atoms with Crippen LogP contribution in [0, 0.1) is 33.6 Å². The highest BCUT2D eigenvalue weighted by atomic mass is 32.2. The predicted molar refractivity (Wildman–Crippen MR) is 131 cm³/mol. The summed E-state index contributed by atoms with van der Waals surface area (Å²) in [5, 5.41) is 7.11. The largest absolute Gasteiger partial charge is 0.344 e. The minimum atomic E-state index is -3.64. The highest BCUT2D eigenvalue weighted by Gasteiger charge is 2.37. The van der Waals surface area contributed by atoms with Crippen LogP contribution in [0.5, 0.6) is 0 Å². The molecule has 0 unspecified atom stereocenters. The van der Waals surface area contributed by atoms with Crippen LogP contribution in [0.1, 0.15) is 81.4 Å². The van der Waals surface area contributed by atoms with Gasteiger partial charge in [0.05, 0.1) is 10.4 Å². The molecule has 188 valence electrons. The molecule has 34 heavy (non-hydrogen) atoms. The summed E-state index contributed by atoms with van der Waals surface area (Å²) >= 11 is 0. The van der Waals surface area contributed by atoms with Crippen LogP contribution in [0.2, 0.25) is 0 Å². The van der Waals surface area contributed by atoms with E-state index in [1.165, 1.54) is 4.31 Å². The fraction of sp³-hybridized carbons (Fsp3) is 0.640. The minimum absolute atomic E-state index is 0.122. The molecular weight excluding hydrogens is 452 g/mol. The quantitative estimate of drug-likeness (QED) is 0.678. The summed E-state index contributed by atoms with van der Waals surface area (Å²) in [4.78, 5) is 17.9. The molecule has 2 aromatic rings. The summed E-state index contributed by atoms with van der Waals surface area (Å²) in [6, 6.07) is 2.02.